The van der Waals surface area contributed by atoms with Crippen molar-refractivity contribution in [3.63, 3.8) is 0 Å². The normalized spacial score (nSPS) is 11.3. The molecule has 1 aromatic carbocycles. The maximum Gasteiger partial charge on any atom is 0.272 e. The molecule has 0 heterocycles. The van der Waals surface area contributed by atoms with Gasteiger partial charge in [-0.2, -0.15) is 0 Å². The number of hydrogen-bond acceptors (Lipinski definition) is 4. The monoisotopic (exact) mass is 287 g/mol. The summed E-state index contributed by atoms with van der Waals surface area (Å²) >= 11 is 0. The zero-order valence-corrected chi connectivity index (χ0v) is 11.9. The van der Waals surface area contributed by atoms with Gasteiger partial charge < -0.3 is 10.6 Å². The number of nitro benzene ring substituents is 1. The van der Waals surface area contributed by atoms with Crippen molar-refractivity contribution in [2.45, 2.75) is 19.9 Å². The van der Waals surface area contributed by atoms with Gasteiger partial charge in [-0.3, -0.25) is 14.9 Å². The van der Waals surface area contributed by atoms with E-state index in [9.17, 15) is 14.9 Å². The molecule has 6 nitrogen and oxygen atoms in total. The van der Waals surface area contributed by atoms with E-state index in [4.69, 9.17) is 0 Å². The zero-order chi connectivity index (χ0) is 13.7. The molecule has 1 rings (SSSR count). The van der Waals surface area contributed by atoms with Gasteiger partial charge in [-0.15, -0.1) is 12.4 Å². The first kappa shape index (κ1) is 17.3. The molecule has 19 heavy (non-hydrogen) atoms. The molecule has 2 N–H and O–H groups in total. The number of likely N-dealkylation sites (N-methyl/N-ethyl adjacent to an activating group) is 1. The highest BCUT2D eigenvalue weighted by molar-refractivity contribution is 5.85. The molecule has 1 unspecified atom stereocenters. The second kappa shape index (κ2) is 7.70. The maximum absolute atomic E-state index is 11.4. The summed E-state index contributed by atoms with van der Waals surface area (Å²) in [6, 6.07) is 4.71. The van der Waals surface area contributed by atoms with Crippen LogP contribution in [0, 0.1) is 17.0 Å². The van der Waals surface area contributed by atoms with Crippen LogP contribution in [0.1, 0.15) is 24.1 Å². The molecule has 7 heteroatoms. The number of nitro groups is 1. The number of rotatable bonds is 5. The SMILES string of the molecule is CNCC(=O)NC(C)c1ccc(C)c([N+](=O)[O-])c1.Cl. The van der Waals surface area contributed by atoms with Crippen LogP contribution in [0.3, 0.4) is 0 Å². The van der Waals surface area contributed by atoms with E-state index in [0.717, 1.165) is 5.56 Å². The lowest BCUT2D eigenvalue weighted by molar-refractivity contribution is -0.385. The van der Waals surface area contributed by atoms with Gasteiger partial charge in [0.2, 0.25) is 5.91 Å². The van der Waals surface area contributed by atoms with Crippen LogP contribution >= 0.6 is 12.4 Å². The quantitative estimate of drug-likeness (QED) is 0.638. The molecule has 1 aromatic rings. The molecule has 0 saturated heterocycles. The van der Waals surface area contributed by atoms with Crippen molar-refractivity contribution < 1.29 is 9.72 Å². The lowest BCUT2D eigenvalue weighted by atomic mass is 10.0. The van der Waals surface area contributed by atoms with Crippen molar-refractivity contribution in [3.05, 3.63) is 39.4 Å². The number of carbonyl (C=O) groups excluding carboxylic acids is 1. The Morgan fingerprint density at radius 1 is 1.47 bits per heavy atom. The highest BCUT2D eigenvalue weighted by Gasteiger charge is 2.15. The van der Waals surface area contributed by atoms with Crippen molar-refractivity contribution in [1.29, 1.82) is 0 Å². The van der Waals surface area contributed by atoms with Gasteiger partial charge >= 0.3 is 0 Å². The summed E-state index contributed by atoms with van der Waals surface area (Å²) in [5.74, 6) is -0.145. The molecule has 0 radical (unpaired) electrons. The number of hydrogen-bond donors (Lipinski definition) is 2. The molecular weight excluding hydrogens is 270 g/mol. The van der Waals surface area contributed by atoms with Gasteiger partial charge in [0.1, 0.15) is 0 Å². The van der Waals surface area contributed by atoms with Crippen molar-refractivity contribution in [3.8, 4) is 0 Å². The third kappa shape index (κ3) is 4.84. The molecule has 0 aliphatic rings. The maximum atomic E-state index is 11.4. The van der Waals surface area contributed by atoms with Gasteiger partial charge in [0, 0.05) is 11.6 Å². The Morgan fingerprint density at radius 3 is 2.63 bits per heavy atom. The van der Waals surface area contributed by atoms with E-state index in [1.54, 1.807) is 33.0 Å². The van der Waals surface area contributed by atoms with E-state index in [2.05, 4.69) is 10.6 Å². The second-order valence-corrected chi connectivity index (χ2v) is 4.12. The fourth-order valence-electron chi connectivity index (χ4n) is 1.63. The summed E-state index contributed by atoms with van der Waals surface area (Å²) in [7, 11) is 1.68. The number of benzene rings is 1. The minimum Gasteiger partial charge on any atom is -0.348 e. The van der Waals surface area contributed by atoms with Crippen molar-refractivity contribution in [2.24, 2.45) is 0 Å². The molecule has 0 bridgehead atoms. The van der Waals surface area contributed by atoms with Crippen molar-refractivity contribution >= 4 is 24.0 Å². The fraction of sp³-hybridized carbons (Fsp3) is 0.417. The Kier molecular flexibility index (Phi) is 7.03. The van der Waals surface area contributed by atoms with Crippen molar-refractivity contribution in [1.82, 2.24) is 10.6 Å². The Morgan fingerprint density at radius 2 is 2.11 bits per heavy atom. The zero-order valence-electron chi connectivity index (χ0n) is 11.1. The molecular formula is C12H18ClN3O3. The third-order valence-electron chi connectivity index (χ3n) is 2.64. The summed E-state index contributed by atoms with van der Waals surface area (Å²) in [5, 5.41) is 16.3. The molecule has 0 aliphatic heterocycles. The topological polar surface area (TPSA) is 84.3 Å². The summed E-state index contributed by atoms with van der Waals surface area (Å²) in [4.78, 5) is 21.8. The number of aryl methyl sites for hydroxylation is 1. The van der Waals surface area contributed by atoms with E-state index >= 15 is 0 Å². The van der Waals surface area contributed by atoms with Crippen LogP contribution in [0.25, 0.3) is 0 Å². The van der Waals surface area contributed by atoms with Gasteiger partial charge in [-0.1, -0.05) is 12.1 Å². The fourth-order valence-corrected chi connectivity index (χ4v) is 1.63. The van der Waals surface area contributed by atoms with Crippen LogP contribution in [0.15, 0.2) is 18.2 Å². The molecule has 106 valence electrons. The highest BCUT2D eigenvalue weighted by atomic mass is 35.5. The van der Waals surface area contributed by atoms with Crippen LogP contribution < -0.4 is 10.6 Å². The van der Waals surface area contributed by atoms with Gasteiger partial charge in [0.05, 0.1) is 17.5 Å². The summed E-state index contributed by atoms with van der Waals surface area (Å²) in [6.45, 7) is 3.70. The molecule has 0 fully saturated rings. The number of nitrogens with zero attached hydrogens (tertiary/aromatic N) is 1. The average Bonchev–Trinajstić information content (AvgIpc) is 2.29. The first-order valence-electron chi connectivity index (χ1n) is 5.64. The predicted molar refractivity (Wildman–Crippen MR) is 75.6 cm³/mol. The highest BCUT2D eigenvalue weighted by Crippen LogP contribution is 2.22. The molecule has 1 amide bonds. The van der Waals surface area contributed by atoms with Crippen LogP contribution in [-0.2, 0) is 4.79 Å². The Bertz CT molecular complexity index is 466. The average molecular weight is 288 g/mol. The van der Waals surface area contributed by atoms with Crippen molar-refractivity contribution in [2.75, 3.05) is 13.6 Å². The summed E-state index contributed by atoms with van der Waals surface area (Å²) in [5.41, 5.74) is 1.40. The molecule has 1 atom stereocenters. The van der Waals surface area contributed by atoms with Crippen LogP contribution in [0.2, 0.25) is 0 Å². The van der Waals surface area contributed by atoms with Crippen LogP contribution in [0.4, 0.5) is 5.69 Å². The smallest absolute Gasteiger partial charge is 0.272 e. The van der Waals surface area contributed by atoms with Gasteiger partial charge in [0.15, 0.2) is 0 Å². The van der Waals surface area contributed by atoms with Gasteiger partial charge in [0.25, 0.3) is 5.69 Å². The minimum atomic E-state index is -0.416. The van der Waals surface area contributed by atoms with E-state index < -0.39 is 4.92 Å². The number of nitrogens with one attached hydrogen (secondary N) is 2. The Balaban J connectivity index is 0.00000324. The van der Waals surface area contributed by atoms with Gasteiger partial charge in [-0.05, 0) is 26.5 Å². The first-order chi connectivity index (χ1) is 8.45. The van der Waals surface area contributed by atoms with E-state index in [1.165, 1.54) is 6.07 Å². The third-order valence-corrected chi connectivity index (χ3v) is 2.64. The molecule has 0 saturated carbocycles. The van der Waals surface area contributed by atoms with Gasteiger partial charge in [-0.25, -0.2) is 0 Å². The second-order valence-electron chi connectivity index (χ2n) is 4.12. The number of halogens is 1. The number of amides is 1. The van der Waals surface area contributed by atoms with E-state index in [0.29, 0.717) is 5.56 Å². The van der Waals surface area contributed by atoms with Crippen LogP contribution in [0.5, 0.6) is 0 Å². The molecule has 0 aliphatic carbocycles. The van der Waals surface area contributed by atoms with E-state index in [-0.39, 0.29) is 36.6 Å². The number of carbonyl (C=O) groups is 1. The summed E-state index contributed by atoms with van der Waals surface area (Å²) < 4.78 is 0. The lowest BCUT2D eigenvalue weighted by Crippen LogP contribution is -2.33. The summed E-state index contributed by atoms with van der Waals surface area (Å²) in [6.07, 6.45) is 0. The largest absolute Gasteiger partial charge is 0.348 e. The predicted octanol–water partition coefficient (Wildman–Crippen LogP) is 1.72. The minimum absolute atomic E-state index is 0. The molecule has 0 aromatic heterocycles. The standard InChI is InChI=1S/C12H17N3O3.ClH/c1-8-4-5-10(6-11(8)15(17)18)9(2)14-12(16)7-13-3;/h4-6,9,13H,7H2,1-3H3,(H,14,16);1H. The Labute approximate surface area is 118 Å². The van der Waals surface area contributed by atoms with E-state index in [1.807, 2.05) is 0 Å². The lowest BCUT2D eigenvalue weighted by Gasteiger charge is -2.14. The Hall–Kier alpha value is -1.66. The first-order valence-corrected chi connectivity index (χ1v) is 5.64. The molecule has 0 spiro atoms. The van der Waals surface area contributed by atoms with Crippen LogP contribution in [-0.4, -0.2) is 24.4 Å².